The van der Waals surface area contributed by atoms with E-state index in [0.29, 0.717) is 5.41 Å². The average Bonchev–Trinajstić information content (AvgIpc) is 2.65. The second-order valence-corrected chi connectivity index (χ2v) is 5.66. The van der Waals surface area contributed by atoms with Crippen LogP contribution >= 0.6 is 0 Å². The molecule has 0 unspecified atom stereocenters. The first-order valence-electron chi connectivity index (χ1n) is 5.12. The van der Waals surface area contributed by atoms with Gasteiger partial charge in [-0.15, -0.1) is 0 Å². The molecule has 2 nitrogen and oxygen atoms in total. The van der Waals surface area contributed by atoms with Gasteiger partial charge in [0.2, 0.25) is 0 Å². The van der Waals surface area contributed by atoms with Gasteiger partial charge in [-0.2, -0.15) is 0 Å². The molecule has 0 bridgehead atoms. The molecule has 0 spiro atoms. The van der Waals surface area contributed by atoms with Crippen LogP contribution in [0.1, 0.15) is 46.5 Å². The summed E-state index contributed by atoms with van der Waals surface area (Å²) in [6.45, 7) is 6.44. The number of carbonyl (C=O) groups excluding carboxylic acids is 1. The highest BCUT2D eigenvalue weighted by atomic mass is 16.5. The van der Waals surface area contributed by atoms with E-state index in [1.54, 1.807) is 0 Å². The van der Waals surface area contributed by atoms with Crippen molar-refractivity contribution in [2.75, 3.05) is 0 Å². The maximum Gasteiger partial charge on any atom is 0.312 e. The Labute approximate surface area is 79.7 Å². The smallest absolute Gasteiger partial charge is 0.312 e. The second kappa shape index (κ2) is 2.49. The fraction of sp³-hybridized carbons (Fsp3) is 0.909. The highest BCUT2D eigenvalue weighted by Gasteiger charge is 2.49. The normalized spacial score (nSPS) is 29.2. The lowest BCUT2D eigenvalue weighted by atomic mass is 9.70. The number of hydrogen-bond acceptors (Lipinski definition) is 2. The molecule has 74 valence electrons. The molecular weight excluding hydrogens is 164 g/mol. The Morgan fingerprint density at radius 1 is 1.23 bits per heavy atom. The van der Waals surface area contributed by atoms with Gasteiger partial charge in [-0.1, -0.05) is 13.8 Å². The van der Waals surface area contributed by atoms with E-state index >= 15 is 0 Å². The molecule has 2 aliphatic carbocycles. The van der Waals surface area contributed by atoms with Crippen LogP contribution < -0.4 is 0 Å². The zero-order valence-corrected chi connectivity index (χ0v) is 8.72. The third kappa shape index (κ3) is 1.72. The zero-order chi connectivity index (χ0) is 9.69. The Balaban J connectivity index is 1.78. The molecule has 2 aliphatic rings. The molecule has 0 aromatic carbocycles. The molecular formula is C11H18O2. The molecule has 13 heavy (non-hydrogen) atoms. The van der Waals surface area contributed by atoms with Crippen molar-refractivity contribution in [2.24, 2.45) is 10.8 Å². The van der Waals surface area contributed by atoms with Crippen LogP contribution in [0.4, 0.5) is 0 Å². The molecule has 0 aromatic heterocycles. The van der Waals surface area contributed by atoms with Gasteiger partial charge in [-0.05, 0) is 38.0 Å². The second-order valence-electron chi connectivity index (χ2n) is 5.66. The van der Waals surface area contributed by atoms with Crippen molar-refractivity contribution >= 4 is 5.97 Å². The van der Waals surface area contributed by atoms with Crippen molar-refractivity contribution in [1.82, 2.24) is 0 Å². The predicted molar refractivity (Wildman–Crippen MR) is 50.2 cm³/mol. The first-order chi connectivity index (χ1) is 5.91. The van der Waals surface area contributed by atoms with E-state index in [-0.39, 0.29) is 17.5 Å². The molecule has 0 saturated heterocycles. The highest BCUT2D eigenvalue weighted by Crippen LogP contribution is 2.48. The molecule has 2 saturated carbocycles. The molecule has 0 amide bonds. The standard InChI is InChI=1S/C11H18O2/c1-10(2)6-8(7-10)13-9(12)11(3)4-5-11/h8H,4-7H2,1-3H3. The summed E-state index contributed by atoms with van der Waals surface area (Å²) in [5.41, 5.74) is 0.287. The number of carbonyl (C=O) groups is 1. The maximum atomic E-state index is 11.5. The first kappa shape index (κ1) is 9.04. The summed E-state index contributed by atoms with van der Waals surface area (Å²) in [5.74, 6) is 0.0352. The van der Waals surface area contributed by atoms with Crippen LogP contribution in [0.5, 0.6) is 0 Å². The zero-order valence-electron chi connectivity index (χ0n) is 8.72. The molecule has 0 aromatic rings. The van der Waals surface area contributed by atoms with Crippen LogP contribution in [0.25, 0.3) is 0 Å². The highest BCUT2D eigenvalue weighted by molar-refractivity contribution is 5.79. The van der Waals surface area contributed by atoms with Gasteiger partial charge in [-0.25, -0.2) is 0 Å². The molecule has 0 radical (unpaired) electrons. The minimum atomic E-state index is -0.111. The van der Waals surface area contributed by atoms with Gasteiger partial charge < -0.3 is 4.74 Å². The topological polar surface area (TPSA) is 26.3 Å². The Hall–Kier alpha value is -0.530. The van der Waals surface area contributed by atoms with Crippen LogP contribution in [0.3, 0.4) is 0 Å². The van der Waals surface area contributed by atoms with E-state index in [9.17, 15) is 4.79 Å². The van der Waals surface area contributed by atoms with E-state index in [2.05, 4.69) is 13.8 Å². The Bertz CT molecular complexity index is 230. The molecule has 0 N–H and O–H groups in total. The summed E-state index contributed by atoms with van der Waals surface area (Å²) in [5, 5.41) is 0. The summed E-state index contributed by atoms with van der Waals surface area (Å²) >= 11 is 0. The summed E-state index contributed by atoms with van der Waals surface area (Å²) in [6.07, 6.45) is 4.31. The summed E-state index contributed by atoms with van der Waals surface area (Å²) in [4.78, 5) is 11.5. The van der Waals surface area contributed by atoms with Gasteiger partial charge in [-0.3, -0.25) is 4.79 Å². The van der Waals surface area contributed by atoms with Crippen molar-refractivity contribution in [3.63, 3.8) is 0 Å². The third-order valence-electron chi connectivity index (χ3n) is 3.33. The van der Waals surface area contributed by atoms with Crippen LogP contribution in [0.15, 0.2) is 0 Å². The average molecular weight is 182 g/mol. The Morgan fingerprint density at radius 2 is 1.77 bits per heavy atom. The van der Waals surface area contributed by atoms with E-state index < -0.39 is 0 Å². The lowest BCUT2D eigenvalue weighted by Gasteiger charge is -2.41. The van der Waals surface area contributed by atoms with Crippen LogP contribution in [-0.4, -0.2) is 12.1 Å². The van der Waals surface area contributed by atoms with E-state index in [0.717, 1.165) is 25.7 Å². The van der Waals surface area contributed by atoms with E-state index in [1.807, 2.05) is 6.92 Å². The molecule has 2 heteroatoms. The van der Waals surface area contributed by atoms with Gasteiger partial charge in [0, 0.05) is 0 Å². The van der Waals surface area contributed by atoms with Gasteiger partial charge >= 0.3 is 5.97 Å². The number of ether oxygens (including phenoxy) is 1. The Kier molecular flexibility index (Phi) is 1.73. The minimum Gasteiger partial charge on any atom is -0.462 e. The lowest BCUT2D eigenvalue weighted by molar-refractivity contribution is -0.165. The van der Waals surface area contributed by atoms with Crippen molar-refractivity contribution in [3.05, 3.63) is 0 Å². The predicted octanol–water partition coefficient (Wildman–Crippen LogP) is 2.52. The number of esters is 1. The van der Waals surface area contributed by atoms with Crippen molar-refractivity contribution in [2.45, 2.75) is 52.6 Å². The first-order valence-corrected chi connectivity index (χ1v) is 5.12. The molecule has 2 fully saturated rings. The molecule has 0 atom stereocenters. The fourth-order valence-corrected chi connectivity index (χ4v) is 1.94. The minimum absolute atomic E-state index is 0.0352. The summed E-state index contributed by atoms with van der Waals surface area (Å²) in [6, 6.07) is 0. The van der Waals surface area contributed by atoms with Gasteiger partial charge in [0.25, 0.3) is 0 Å². The van der Waals surface area contributed by atoms with Gasteiger partial charge in [0.15, 0.2) is 0 Å². The molecule has 0 heterocycles. The van der Waals surface area contributed by atoms with Crippen molar-refractivity contribution < 1.29 is 9.53 Å². The Morgan fingerprint density at radius 3 is 2.15 bits per heavy atom. The monoisotopic (exact) mass is 182 g/mol. The lowest BCUT2D eigenvalue weighted by Crippen LogP contribution is -2.40. The summed E-state index contributed by atoms with van der Waals surface area (Å²) in [7, 11) is 0. The quantitative estimate of drug-likeness (QED) is 0.613. The van der Waals surface area contributed by atoms with Crippen LogP contribution in [0.2, 0.25) is 0 Å². The van der Waals surface area contributed by atoms with Crippen molar-refractivity contribution in [3.8, 4) is 0 Å². The molecule has 2 rings (SSSR count). The third-order valence-corrected chi connectivity index (χ3v) is 3.33. The van der Waals surface area contributed by atoms with Gasteiger partial charge in [0.1, 0.15) is 6.10 Å². The van der Waals surface area contributed by atoms with Gasteiger partial charge in [0.05, 0.1) is 5.41 Å². The summed E-state index contributed by atoms with van der Waals surface area (Å²) < 4.78 is 5.41. The number of rotatable bonds is 2. The van der Waals surface area contributed by atoms with Crippen LogP contribution in [0, 0.1) is 10.8 Å². The largest absolute Gasteiger partial charge is 0.462 e. The fourth-order valence-electron chi connectivity index (χ4n) is 1.94. The van der Waals surface area contributed by atoms with Crippen LogP contribution in [-0.2, 0) is 9.53 Å². The number of hydrogen-bond donors (Lipinski definition) is 0. The SMILES string of the molecule is CC1(C)CC(OC(=O)C2(C)CC2)C1. The van der Waals surface area contributed by atoms with E-state index in [1.165, 1.54) is 0 Å². The molecule has 0 aliphatic heterocycles. The van der Waals surface area contributed by atoms with E-state index in [4.69, 9.17) is 4.74 Å². The van der Waals surface area contributed by atoms with Crippen molar-refractivity contribution in [1.29, 1.82) is 0 Å². The maximum absolute atomic E-state index is 11.5.